The Morgan fingerprint density at radius 1 is 1.30 bits per heavy atom. The molecular weight excluding hydrogens is 275 g/mol. The first-order valence-electron chi connectivity index (χ1n) is 5.80. The van der Waals surface area contributed by atoms with Gasteiger partial charge in [-0.25, -0.2) is 4.39 Å². The molecule has 3 nitrogen and oxygen atoms in total. The second-order valence-electron chi connectivity index (χ2n) is 4.16. The van der Waals surface area contributed by atoms with Crippen molar-refractivity contribution in [3.05, 3.63) is 59.4 Å². The number of amides is 1. The zero-order valence-corrected chi connectivity index (χ0v) is 11.6. The number of hydrogen-bond donors (Lipinski definition) is 1. The molecule has 0 atom stereocenters. The first kappa shape index (κ1) is 14.1. The van der Waals surface area contributed by atoms with Gasteiger partial charge in [-0.15, -0.1) is 12.6 Å². The Kier molecular flexibility index (Phi) is 4.06. The second-order valence-corrected chi connectivity index (χ2v) is 4.64. The van der Waals surface area contributed by atoms with Crippen molar-refractivity contribution in [3.8, 4) is 6.07 Å². The first-order chi connectivity index (χ1) is 9.54. The molecule has 0 aliphatic carbocycles. The molecule has 0 aliphatic rings. The Hall–Kier alpha value is -2.32. The highest BCUT2D eigenvalue weighted by molar-refractivity contribution is 7.80. The summed E-state index contributed by atoms with van der Waals surface area (Å²) in [6.07, 6.45) is 0. The van der Waals surface area contributed by atoms with Crippen molar-refractivity contribution in [2.24, 2.45) is 0 Å². The molecule has 2 rings (SSSR count). The number of nitrogens with zero attached hydrogens (tertiary/aromatic N) is 2. The quantitative estimate of drug-likeness (QED) is 0.861. The van der Waals surface area contributed by atoms with Crippen molar-refractivity contribution in [3.63, 3.8) is 0 Å². The Labute approximate surface area is 121 Å². The van der Waals surface area contributed by atoms with Crippen LogP contribution in [-0.2, 0) is 0 Å². The molecule has 5 heteroatoms. The zero-order chi connectivity index (χ0) is 14.7. The van der Waals surface area contributed by atoms with Gasteiger partial charge in [0, 0.05) is 17.5 Å². The van der Waals surface area contributed by atoms with E-state index in [0.29, 0.717) is 16.8 Å². The van der Waals surface area contributed by atoms with Gasteiger partial charge in [-0.05, 0) is 30.3 Å². The van der Waals surface area contributed by atoms with Crippen molar-refractivity contribution in [1.29, 1.82) is 5.26 Å². The highest BCUT2D eigenvalue weighted by Gasteiger charge is 2.17. The lowest BCUT2D eigenvalue weighted by Gasteiger charge is -2.18. The maximum Gasteiger partial charge on any atom is 0.258 e. The summed E-state index contributed by atoms with van der Waals surface area (Å²) in [6.45, 7) is 0. The molecule has 1 amide bonds. The molecule has 0 N–H and O–H groups in total. The third kappa shape index (κ3) is 2.65. The second kappa shape index (κ2) is 5.76. The van der Waals surface area contributed by atoms with Crippen LogP contribution in [0.25, 0.3) is 0 Å². The van der Waals surface area contributed by atoms with E-state index >= 15 is 0 Å². The first-order valence-corrected chi connectivity index (χ1v) is 6.25. The maximum absolute atomic E-state index is 13.2. The maximum atomic E-state index is 13.2. The number of para-hydroxylation sites is 1. The average Bonchev–Trinajstić information content (AvgIpc) is 2.48. The summed E-state index contributed by atoms with van der Waals surface area (Å²) in [6, 6.07) is 12.8. The van der Waals surface area contributed by atoms with Gasteiger partial charge in [-0.2, -0.15) is 5.26 Å². The van der Waals surface area contributed by atoms with E-state index in [1.165, 1.54) is 23.1 Å². The normalized spacial score (nSPS) is 9.90. The summed E-state index contributed by atoms with van der Waals surface area (Å²) >= 11 is 3.96. The van der Waals surface area contributed by atoms with E-state index in [-0.39, 0.29) is 10.8 Å². The summed E-state index contributed by atoms with van der Waals surface area (Å²) in [7, 11) is 1.57. The molecule has 2 aromatic carbocycles. The summed E-state index contributed by atoms with van der Waals surface area (Å²) < 4.78 is 13.2. The number of thiol groups is 1. The van der Waals surface area contributed by atoms with Gasteiger partial charge in [0.25, 0.3) is 5.91 Å². The minimum Gasteiger partial charge on any atom is -0.310 e. The molecule has 2 aromatic rings. The summed E-state index contributed by atoms with van der Waals surface area (Å²) in [5.74, 6) is -0.812. The molecule has 0 heterocycles. The molecule has 0 aromatic heterocycles. The third-order valence-corrected chi connectivity index (χ3v) is 3.23. The topological polar surface area (TPSA) is 44.1 Å². The standard InChI is InChI=1S/C15H11FN2OS/c1-18(13-5-3-2-4-11(13)9-17)15(19)10-6-7-12(16)14(20)8-10/h2-8,20H,1H3. The summed E-state index contributed by atoms with van der Waals surface area (Å²) in [5.41, 5.74) is 1.22. The molecule has 0 aliphatic heterocycles. The van der Waals surface area contributed by atoms with Crippen molar-refractivity contribution >= 4 is 24.2 Å². The number of anilines is 1. The van der Waals surface area contributed by atoms with Crippen molar-refractivity contribution in [2.75, 3.05) is 11.9 Å². The van der Waals surface area contributed by atoms with Gasteiger partial charge in [-0.1, -0.05) is 12.1 Å². The predicted octanol–water partition coefficient (Wildman–Crippen LogP) is 3.26. The molecule has 0 saturated carbocycles. The molecule has 0 unspecified atom stereocenters. The van der Waals surface area contributed by atoms with Crippen LogP contribution in [-0.4, -0.2) is 13.0 Å². The van der Waals surface area contributed by atoms with Crippen LogP contribution in [0.15, 0.2) is 47.4 Å². The Morgan fingerprint density at radius 2 is 2.00 bits per heavy atom. The number of nitriles is 1. The number of rotatable bonds is 2. The van der Waals surface area contributed by atoms with E-state index in [9.17, 15) is 9.18 Å². The van der Waals surface area contributed by atoms with Gasteiger partial charge in [0.05, 0.1) is 11.3 Å². The fourth-order valence-electron chi connectivity index (χ4n) is 1.81. The number of hydrogen-bond acceptors (Lipinski definition) is 3. The molecule has 0 fully saturated rings. The van der Waals surface area contributed by atoms with Crippen LogP contribution in [0.5, 0.6) is 0 Å². The molecular formula is C15H11FN2OS. The van der Waals surface area contributed by atoms with Crippen LogP contribution in [0.1, 0.15) is 15.9 Å². The minimum absolute atomic E-state index is 0.109. The van der Waals surface area contributed by atoms with Gasteiger partial charge in [0.1, 0.15) is 11.9 Å². The fraction of sp³-hybridized carbons (Fsp3) is 0.0667. The number of carbonyl (C=O) groups excluding carboxylic acids is 1. The SMILES string of the molecule is CN(C(=O)c1ccc(F)c(S)c1)c1ccccc1C#N. The van der Waals surface area contributed by atoms with Gasteiger partial charge in [-0.3, -0.25) is 4.79 Å². The van der Waals surface area contributed by atoms with Crippen LogP contribution in [0.4, 0.5) is 10.1 Å². The van der Waals surface area contributed by atoms with E-state index in [1.54, 1.807) is 31.3 Å². The van der Waals surface area contributed by atoms with E-state index in [4.69, 9.17) is 5.26 Å². The highest BCUT2D eigenvalue weighted by atomic mass is 32.1. The Bertz CT molecular complexity index is 709. The van der Waals surface area contributed by atoms with Crippen LogP contribution in [0, 0.1) is 17.1 Å². The van der Waals surface area contributed by atoms with E-state index < -0.39 is 5.82 Å². The van der Waals surface area contributed by atoms with Crippen molar-refractivity contribution in [2.45, 2.75) is 4.90 Å². The number of carbonyl (C=O) groups is 1. The predicted molar refractivity (Wildman–Crippen MR) is 77.5 cm³/mol. The average molecular weight is 286 g/mol. The lowest BCUT2D eigenvalue weighted by molar-refractivity contribution is 0.0992. The van der Waals surface area contributed by atoms with E-state index in [1.807, 2.05) is 6.07 Å². The Morgan fingerprint density at radius 3 is 2.65 bits per heavy atom. The largest absolute Gasteiger partial charge is 0.310 e. The fourth-order valence-corrected chi connectivity index (χ4v) is 2.02. The summed E-state index contributed by atoms with van der Waals surface area (Å²) in [4.78, 5) is 13.8. The van der Waals surface area contributed by atoms with Crippen LogP contribution in [0.3, 0.4) is 0 Å². The van der Waals surface area contributed by atoms with Gasteiger partial charge in [0.2, 0.25) is 0 Å². The monoisotopic (exact) mass is 286 g/mol. The van der Waals surface area contributed by atoms with Gasteiger partial charge >= 0.3 is 0 Å². The zero-order valence-electron chi connectivity index (χ0n) is 10.7. The summed E-state index contributed by atoms with van der Waals surface area (Å²) in [5, 5.41) is 9.05. The van der Waals surface area contributed by atoms with Crippen LogP contribution in [0.2, 0.25) is 0 Å². The highest BCUT2D eigenvalue weighted by Crippen LogP contribution is 2.21. The van der Waals surface area contributed by atoms with Gasteiger partial charge in [0.15, 0.2) is 0 Å². The molecule has 0 radical (unpaired) electrons. The number of benzene rings is 2. The van der Waals surface area contributed by atoms with E-state index in [0.717, 1.165) is 0 Å². The van der Waals surface area contributed by atoms with Crippen LogP contribution < -0.4 is 4.90 Å². The molecule has 100 valence electrons. The van der Waals surface area contributed by atoms with E-state index in [2.05, 4.69) is 12.6 Å². The Balaban J connectivity index is 2.38. The molecule has 0 spiro atoms. The molecule has 0 bridgehead atoms. The molecule has 0 saturated heterocycles. The lowest BCUT2D eigenvalue weighted by Crippen LogP contribution is -2.27. The molecule has 20 heavy (non-hydrogen) atoms. The van der Waals surface area contributed by atoms with Crippen molar-refractivity contribution in [1.82, 2.24) is 0 Å². The smallest absolute Gasteiger partial charge is 0.258 e. The number of halogens is 1. The van der Waals surface area contributed by atoms with Crippen LogP contribution >= 0.6 is 12.6 Å². The third-order valence-electron chi connectivity index (χ3n) is 2.88. The van der Waals surface area contributed by atoms with Crippen molar-refractivity contribution < 1.29 is 9.18 Å². The lowest BCUT2D eigenvalue weighted by atomic mass is 10.1. The minimum atomic E-state index is -0.482. The van der Waals surface area contributed by atoms with Gasteiger partial charge < -0.3 is 4.90 Å².